The highest BCUT2D eigenvalue weighted by molar-refractivity contribution is 5.86. The monoisotopic (exact) mass is 417 g/mol. The summed E-state index contributed by atoms with van der Waals surface area (Å²) in [4.78, 5) is 12.7. The van der Waals surface area contributed by atoms with E-state index in [0.29, 0.717) is 30.7 Å². The van der Waals surface area contributed by atoms with Gasteiger partial charge in [-0.15, -0.1) is 0 Å². The van der Waals surface area contributed by atoms with E-state index in [1.54, 1.807) is 6.20 Å². The Morgan fingerprint density at radius 1 is 1.06 bits per heavy atom. The summed E-state index contributed by atoms with van der Waals surface area (Å²) in [5.41, 5.74) is 7.16. The molecular formula is C23H23N5O3. The number of benzene rings is 1. The average molecular weight is 417 g/mol. The van der Waals surface area contributed by atoms with Crippen molar-refractivity contribution in [2.45, 2.75) is 43.6 Å². The molecule has 31 heavy (non-hydrogen) atoms. The first kappa shape index (κ1) is 18.5. The lowest BCUT2D eigenvalue weighted by atomic mass is 9.64. The van der Waals surface area contributed by atoms with Gasteiger partial charge in [0, 0.05) is 29.3 Å². The van der Waals surface area contributed by atoms with Gasteiger partial charge in [0.05, 0.1) is 29.2 Å². The zero-order valence-electron chi connectivity index (χ0n) is 16.8. The van der Waals surface area contributed by atoms with Crippen molar-refractivity contribution in [2.75, 3.05) is 5.73 Å². The quantitative estimate of drug-likeness (QED) is 0.468. The summed E-state index contributed by atoms with van der Waals surface area (Å²) >= 11 is 0. The van der Waals surface area contributed by atoms with E-state index in [4.69, 9.17) is 10.5 Å². The number of pyridine rings is 1. The van der Waals surface area contributed by atoms with Crippen LogP contribution in [0.4, 0.5) is 5.82 Å². The lowest BCUT2D eigenvalue weighted by molar-refractivity contribution is -0.105. The fraction of sp³-hybridized carbons (Fsp3) is 0.348. The molecule has 0 aliphatic heterocycles. The van der Waals surface area contributed by atoms with E-state index >= 15 is 0 Å². The second kappa shape index (κ2) is 6.63. The summed E-state index contributed by atoms with van der Waals surface area (Å²) in [6.07, 6.45) is 5.41. The van der Waals surface area contributed by atoms with Crippen LogP contribution < -0.4 is 10.5 Å². The lowest BCUT2D eigenvalue weighted by Crippen LogP contribution is -2.50. The van der Waals surface area contributed by atoms with Gasteiger partial charge >= 0.3 is 0 Å². The molecule has 0 bridgehead atoms. The Hall–Kier alpha value is -3.23. The highest BCUT2D eigenvalue weighted by Crippen LogP contribution is 2.57. The highest BCUT2D eigenvalue weighted by atomic mass is 16.5. The van der Waals surface area contributed by atoms with Gasteiger partial charge < -0.3 is 25.3 Å². The SMILES string of the molecule is Nc1ncnc2c1ccn2[C@@H]1C[C@]2(C[C@H](Oc3ccc4cccnc4c3)C2)[C@@H](O)[C@H]1O. The average Bonchev–Trinajstić information content (AvgIpc) is 3.29. The molecule has 3 heterocycles. The number of aromatic nitrogens is 4. The van der Waals surface area contributed by atoms with Crippen LogP contribution in [-0.2, 0) is 0 Å². The van der Waals surface area contributed by atoms with E-state index in [1.807, 2.05) is 47.2 Å². The number of nitrogens with zero attached hydrogens (tertiary/aromatic N) is 4. The Bertz CT molecular complexity index is 1280. The second-order valence-corrected chi connectivity index (χ2v) is 8.79. The smallest absolute Gasteiger partial charge is 0.145 e. The molecule has 158 valence electrons. The summed E-state index contributed by atoms with van der Waals surface area (Å²) in [6, 6.07) is 11.4. The Labute approximate surface area is 178 Å². The summed E-state index contributed by atoms with van der Waals surface area (Å²) in [5.74, 6) is 1.19. The van der Waals surface area contributed by atoms with Crippen molar-refractivity contribution in [3.8, 4) is 5.75 Å². The molecule has 6 rings (SSSR count). The van der Waals surface area contributed by atoms with Gasteiger partial charge in [-0.05, 0) is 43.5 Å². The largest absolute Gasteiger partial charge is 0.490 e. The van der Waals surface area contributed by atoms with Crippen LogP contribution in [0.2, 0.25) is 0 Å². The van der Waals surface area contributed by atoms with Crippen LogP contribution in [0, 0.1) is 5.41 Å². The number of anilines is 1. The topological polar surface area (TPSA) is 119 Å². The van der Waals surface area contributed by atoms with Gasteiger partial charge in [-0.1, -0.05) is 6.07 Å². The Morgan fingerprint density at radius 3 is 2.81 bits per heavy atom. The number of nitrogen functional groups attached to an aromatic ring is 1. The minimum absolute atomic E-state index is 0.00105. The van der Waals surface area contributed by atoms with Crippen molar-refractivity contribution >= 4 is 27.8 Å². The Kier molecular flexibility index (Phi) is 3.97. The minimum Gasteiger partial charge on any atom is -0.490 e. The number of rotatable bonds is 3. The standard InChI is InChI=1S/C23H23N5O3/c24-21-16-5-7-28(22(16)27-12-26-21)18-11-23(20(30)19(18)29)9-15(10-23)31-14-4-3-13-2-1-6-25-17(13)8-14/h1-8,12,15,18-20,29-30H,9-11H2,(H2,24,26,27)/t15-,18-,19+,20+,23+/m1/s1. The van der Waals surface area contributed by atoms with Gasteiger partial charge in [0.1, 0.15) is 29.6 Å². The maximum atomic E-state index is 10.9. The maximum absolute atomic E-state index is 10.9. The van der Waals surface area contributed by atoms with Crippen LogP contribution in [0.1, 0.15) is 25.3 Å². The number of nitrogens with two attached hydrogens (primary N) is 1. The predicted octanol–water partition coefficient (Wildman–Crippen LogP) is 2.46. The number of aliphatic hydroxyl groups is 2. The molecule has 2 aliphatic rings. The predicted molar refractivity (Wildman–Crippen MR) is 115 cm³/mol. The fourth-order valence-corrected chi connectivity index (χ4v) is 5.40. The normalized spacial score (nSPS) is 30.1. The number of fused-ring (bicyclic) bond motifs is 2. The number of hydrogen-bond acceptors (Lipinski definition) is 7. The van der Waals surface area contributed by atoms with Crippen molar-refractivity contribution in [2.24, 2.45) is 5.41 Å². The molecule has 2 fully saturated rings. The van der Waals surface area contributed by atoms with E-state index in [2.05, 4.69) is 15.0 Å². The molecular weight excluding hydrogens is 394 g/mol. The third-order valence-corrected chi connectivity index (χ3v) is 7.01. The van der Waals surface area contributed by atoms with E-state index in [-0.39, 0.29) is 17.6 Å². The van der Waals surface area contributed by atoms with Crippen molar-refractivity contribution in [3.05, 3.63) is 55.1 Å². The van der Waals surface area contributed by atoms with E-state index in [1.165, 1.54) is 6.33 Å². The molecule has 4 aromatic rings. The molecule has 0 amide bonds. The highest BCUT2D eigenvalue weighted by Gasteiger charge is 2.60. The number of aliphatic hydroxyl groups excluding tert-OH is 2. The van der Waals surface area contributed by atoms with Crippen LogP contribution >= 0.6 is 0 Å². The van der Waals surface area contributed by atoms with Gasteiger partial charge in [0.2, 0.25) is 0 Å². The summed E-state index contributed by atoms with van der Waals surface area (Å²) in [6.45, 7) is 0. The first-order chi connectivity index (χ1) is 15.0. The number of ether oxygens (including phenoxy) is 1. The van der Waals surface area contributed by atoms with Crippen molar-refractivity contribution in [3.63, 3.8) is 0 Å². The van der Waals surface area contributed by atoms with Crippen LogP contribution in [-0.4, -0.2) is 48.0 Å². The molecule has 2 aliphatic carbocycles. The first-order valence-electron chi connectivity index (χ1n) is 10.5. The molecule has 2 saturated carbocycles. The van der Waals surface area contributed by atoms with E-state index in [0.717, 1.165) is 22.0 Å². The molecule has 4 N–H and O–H groups in total. The zero-order valence-corrected chi connectivity index (χ0v) is 16.8. The third-order valence-electron chi connectivity index (χ3n) is 7.01. The molecule has 0 radical (unpaired) electrons. The van der Waals surface area contributed by atoms with Crippen LogP contribution in [0.5, 0.6) is 5.75 Å². The van der Waals surface area contributed by atoms with Crippen molar-refractivity contribution in [1.29, 1.82) is 0 Å². The minimum atomic E-state index is -0.877. The molecule has 0 saturated heterocycles. The molecule has 8 nitrogen and oxygen atoms in total. The molecule has 1 spiro atoms. The lowest BCUT2D eigenvalue weighted by Gasteiger charge is -2.47. The summed E-state index contributed by atoms with van der Waals surface area (Å²) in [7, 11) is 0. The van der Waals surface area contributed by atoms with Crippen LogP contribution in [0.15, 0.2) is 55.1 Å². The summed E-state index contributed by atoms with van der Waals surface area (Å²) < 4.78 is 8.08. The van der Waals surface area contributed by atoms with Gasteiger partial charge in [0.15, 0.2) is 0 Å². The fourth-order valence-electron chi connectivity index (χ4n) is 5.40. The molecule has 3 aromatic heterocycles. The second-order valence-electron chi connectivity index (χ2n) is 8.79. The Morgan fingerprint density at radius 2 is 1.94 bits per heavy atom. The van der Waals surface area contributed by atoms with Crippen molar-refractivity contribution < 1.29 is 14.9 Å². The Balaban J connectivity index is 1.20. The van der Waals surface area contributed by atoms with Crippen LogP contribution in [0.25, 0.3) is 21.9 Å². The zero-order chi connectivity index (χ0) is 21.2. The van der Waals surface area contributed by atoms with E-state index < -0.39 is 12.2 Å². The molecule has 0 unspecified atom stereocenters. The van der Waals surface area contributed by atoms with E-state index in [9.17, 15) is 10.2 Å². The molecule has 8 heteroatoms. The molecule has 1 aromatic carbocycles. The van der Waals surface area contributed by atoms with Crippen molar-refractivity contribution in [1.82, 2.24) is 19.5 Å². The van der Waals surface area contributed by atoms with Gasteiger partial charge in [-0.2, -0.15) is 0 Å². The molecule has 3 atom stereocenters. The van der Waals surface area contributed by atoms with Gasteiger partial charge in [-0.25, -0.2) is 9.97 Å². The van der Waals surface area contributed by atoms with Gasteiger partial charge in [-0.3, -0.25) is 4.98 Å². The first-order valence-corrected chi connectivity index (χ1v) is 10.5. The number of hydrogen-bond donors (Lipinski definition) is 3. The van der Waals surface area contributed by atoms with Gasteiger partial charge in [0.25, 0.3) is 0 Å². The maximum Gasteiger partial charge on any atom is 0.145 e. The summed E-state index contributed by atoms with van der Waals surface area (Å²) in [5, 5.41) is 23.6. The van der Waals surface area contributed by atoms with Crippen LogP contribution in [0.3, 0.4) is 0 Å². The third kappa shape index (κ3) is 2.79.